The van der Waals surface area contributed by atoms with Gasteiger partial charge in [-0.05, 0) is 38.6 Å². The molecule has 3 nitrogen and oxygen atoms in total. The molecule has 0 aromatic rings. The van der Waals surface area contributed by atoms with Crippen molar-refractivity contribution in [2.45, 2.75) is 83.0 Å². The number of hydrogen-bond donors (Lipinski definition) is 1. The van der Waals surface area contributed by atoms with Crippen LogP contribution in [-0.4, -0.2) is 38.0 Å². The Bertz CT molecular complexity index is 227. The van der Waals surface area contributed by atoms with Crippen LogP contribution in [0.4, 0.5) is 0 Å². The summed E-state index contributed by atoms with van der Waals surface area (Å²) in [4.78, 5) is 0. The van der Waals surface area contributed by atoms with Gasteiger partial charge >= 0.3 is 0 Å². The highest BCUT2D eigenvalue weighted by molar-refractivity contribution is 4.76. The molecule has 1 heterocycles. The molecule has 0 radical (unpaired) electrons. The van der Waals surface area contributed by atoms with Crippen LogP contribution < -0.4 is 5.32 Å². The lowest BCUT2D eigenvalue weighted by Crippen LogP contribution is -2.29. The molecule has 3 heteroatoms. The standard InChI is InChI=1S/C16H31NO2/c1-2-11-17-12-15-9-10-16(19-15)13-18-14-7-5-3-4-6-8-14/h14-17H,2-13H2,1H3. The Balaban J connectivity index is 1.56. The Hall–Kier alpha value is -0.120. The topological polar surface area (TPSA) is 30.5 Å². The van der Waals surface area contributed by atoms with Gasteiger partial charge in [-0.2, -0.15) is 0 Å². The van der Waals surface area contributed by atoms with Gasteiger partial charge in [0.15, 0.2) is 0 Å². The molecule has 1 N–H and O–H groups in total. The minimum absolute atomic E-state index is 0.344. The van der Waals surface area contributed by atoms with E-state index >= 15 is 0 Å². The van der Waals surface area contributed by atoms with Crippen LogP contribution in [0.15, 0.2) is 0 Å². The first-order chi connectivity index (χ1) is 9.38. The van der Waals surface area contributed by atoms with E-state index in [2.05, 4.69) is 12.2 Å². The van der Waals surface area contributed by atoms with Crippen LogP contribution in [-0.2, 0) is 9.47 Å². The average Bonchev–Trinajstić information content (AvgIpc) is 2.71. The van der Waals surface area contributed by atoms with Gasteiger partial charge in [0.1, 0.15) is 0 Å². The fourth-order valence-electron chi connectivity index (χ4n) is 3.14. The van der Waals surface area contributed by atoms with E-state index in [1.54, 1.807) is 0 Å². The van der Waals surface area contributed by atoms with Crippen LogP contribution in [0.2, 0.25) is 0 Å². The average molecular weight is 269 g/mol. The zero-order chi connectivity index (χ0) is 13.3. The summed E-state index contributed by atoms with van der Waals surface area (Å²) in [7, 11) is 0. The summed E-state index contributed by atoms with van der Waals surface area (Å²) in [6.45, 7) is 5.12. The van der Waals surface area contributed by atoms with Gasteiger partial charge in [0, 0.05) is 6.54 Å². The summed E-state index contributed by atoms with van der Waals surface area (Å²) in [5, 5.41) is 3.45. The molecule has 19 heavy (non-hydrogen) atoms. The number of rotatable bonds is 7. The molecule has 2 unspecified atom stereocenters. The predicted octanol–water partition coefficient (Wildman–Crippen LogP) is 3.27. The van der Waals surface area contributed by atoms with Crippen molar-refractivity contribution < 1.29 is 9.47 Å². The molecule has 1 saturated heterocycles. The van der Waals surface area contributed by atoms with Gasteiger partial charge < -0.3 is 14.8 Å². The molecular formula is C16H31NO2. The minimum Gasteiger partial charge on any atom is -0.376 e. The highest BCUT2D eigenvalue weighted by Gasteiger charge is 2.26. The van der Waals surface area contributed by atoms with E-state index < -0.39 is 0 Å². The van der Waals surface area contributed by atoms with Gasteiger partial charge in [-0.25, -0.2) is 0 Å². The maximum atomic E-state index is 6.08. The molecule has 0 spiro atoms. The summed E-state index contributed by atoms with van der Waals surface area (Å²) >= 11 is 0. The molecule has 0 aromatic carbocycles. The van der Waals surface area contributed by atoms with E-state index in [0.717, 1.165) is 19.7 Å². The van der Waals surface area contributed by atoms with E-state index in [0.29, 0.717) is 18.3 Å². The molecule has 2 aliphatic rings. The lowest BCUT2D eigenvalue weighted by atomic mass is 10.1. The van der Waals surface area contributed by atoms with E-state index in [4.69, 9.17) is 9.47 Å². The zero-order valence-electron chi connectivity index (χ0n) is 12.5. The fraction of sp³-hybridized carbons (Fsp3) is 1.00. The van der Waals surface area contributed by atoms with Gasteiger partial charge in [0.2, 0.25) is 0 Å². The summed E-state index contributed by atoms with van der Waals surface area (Å²) in [6.07, 6.45) is 12.8. The molecule has 1 aliphatic heterocycles. The fourth-order valence-corrected chi connectivity index (χ4v) is 3.14. The normalized spacial score (nSPS) is 29.5. The SMILES string of the molecule is CCCNCC1CCC(COC2CCCCCC2)O1. The highest BCUT2D eigenvalue weighted by atomic mass is 16.5. The third-order valence-electron chi connectivity index (χ3n) is 4.31. The van der Waals surface area contributed by atoms with Gasteiger partial charge in [-0.1, -0.05) is 32.6 Å². The maximum absolute atomic E-state index is 6.08. The molecule has 0 bridgehead atoms. The summed E-state index contributed by atoms with van der Waals surface area (Å²) in [5.74, 6) is 0. The van der Waals surface area contributed by atoms with Gasteiger partial charge in [-0.3, -0.25) is 0 Å². The minimum atomic E-state index is 0.344. The van der Waals surface area contributed by atoms with Crippen LogP contribution in [0.25, 0.3) is 0 Å². The van der Waals surface area contributed by atoms with Crippen LogP contribution in [0.3, 0.4) is 0 Å². The Kier molecular flexibility index (Phi) is 7.18. The highest BCUT2D eigenvalue weighted by Crippen LogP contribution is 2.23. The molecule has 112 valence electrons. The van der Waals surface area contributed by atoms with Crippen molar-refractivity contribution in [2.24, 2.45) is 0 Å². The smallest absolute Gasteiger partial charge is 0.0814 e. The van der Waals surface area contributed by atoms with E-state index in [1.807, 2.05) is 0 Å². The third-order valence-corrected chi connectivity index (χ3v) is 4.31. The lowest BCUT2D eigenvalue weighted by molar-refractivity contribution is -0.0443. The first-order valence-electron chi connectivity index (χ1n) is 8.36. The zero-order valence-corrected chi connectivity index (χ0v) is 12.5. The van der Waals surface area contributed by atoms with Gasteiger partial charge in [-0.15, -0.1) is 0 Å². The number of ether oxygens (including phenoxy) is 2. The molecule has 1 saturated carbocycles. The molecule has 1 aliphatic carbocycles. The van der Waals surface area contributed by atoms with Crippen LogP contribution in [0.5, 0.6) is 0 Å². The maximum Gasteiger partial charge on any atom is 0.0814 e. The van der Waals surface area contributed by atoms with Crippen molar-refractivity contribution in [1.82, 2.24) is 5.32 Å². The summed E-state index contributed by atoms with van der Waals surface area (Å²) in [5.41, 5.74) is 0. The largest absolute Gasteiger partial charge is 0.376 e. The molecule has 0 amide bonds. The molecule has 0 aromatic heterocycles. The Morgan fingerprint density at radius 1 is 1.00 bits per heavy atom. The van der Waals surface area contributed by atoms with Crippen LogP contribution >= 0.6 is 0 Å². The Morgan fingerprint density at radius 2 is 1.74 bits per heavy atom. The van der Waals surface area contributed by atoms with Crippen LogP contribution in [0.1, 0.15) is 64.7 Å². The quantitative estimate of drug-likeness (QED) is 0.568. The van der Waals surface area contributed by atoms with Gasteiger partial charge in [0.25, 0.3) is 0 Å². The summed E-state index contributed by atoms with van der Waals surface area (Å²) < 4.78 is 12.1. The second kappa shape index (κ2) is 8.93. The molecule has 2 rings (SSSR count). The molecule has 2 fully saturated rings. The first kappa shape index (κ1) is 15.3. The van der Waals surface area contributed by atoms with Crippen molar-refractivity contribution in [3.8, 4) is 0 Å². The van der Waals surface area contributed by atoms with Crippen molar-refractivity contribution in [1.29, 1.82) is 0 Å². The van der Waals surface area contributed by atoms with E-state index in [9.17, 15) is 0 Å². The van der Waals surface area contributed by atoms with Crippen LogP contribution in [0, 0.1) is 0 Å². The Morgan fingerprint density at radius 3 is 2.47 bits per heavy atom. The number of hydrogen-bond acceptors (Lipinski definition) is 3. The second-order valence-electron chi connectivity index (χ2n) is 6.11. The molecule has 2 atom stereocenters. The van der Waals surface area contributed by atoms with Crippen molar-refractivity contribution >= 4 is 0 Å². The third kappa shape index (κ3) is 5.80. The Labute approximate surface area is 118 Å². The van der Waals surface area contributed by atoms with E-state index in [1.165, 1.54) is 57.8 Å². The van der Waals surface area contributed by atoms with Crippen molar-refractivity contribution in [3.63, 3.8) is 0 Å². The monoisotopic (exact) mass is 269 g/mol. The van der Waals surface area contributed by atoms with Gasteiger partial charge in [0.05, 0.1) is 24.9 Å². The predicted molar refractivity (Wildman–Crippen MR) is 78.5 cm³/mol. The molecular weight excluding hydrogens is 238 g/mol. The number of nitrogens with one attached hydrogen (secondary N) is 1. The lowest BCUT2D eigenvalue weighted by Gasteiger charge is -2.19. The first-order valence-corrected chi connectivity index (χ1v) is 8.36. The van der Waals surface area contributed by atoms with Crippen molar-refractivity contribution in [2.75, 3.05) is 19.7 Å². The second-order valence-corrected chi connectivity index (χ2v) is 6.11. The summed E-state index contributed by atoms with van der Waals surface area (Å²) in [6, 6.07) is 0. The van der Waals surface area contributed by atoms with Crippen molar-refractivity contribution in [3.05, 3.63) is 0 Å². The van der Waals surface area contributed by atoms with E-state index in [-0.39, 0.29) is 0 Å².